The molecule has 0 saturated heterocycles. The lowest BCUT2D eigenvalue weighted by Gasteiger charge is -2.33. The first-order chi connectivity index (χ1) is 13.7. The van der Waals surface area contributed by atoms with Crippen LogP contribution in [0.1, 0.15) is 31.1 Å². The van der Waals surface area contributed by atoms with Crippen molar-refractivity contribution in [2.24, 2.45) is 0 Å². The molecule has 0 bridgehead atoms. The number of amides is 2. The van der Waals surface area contributed by atoms with Crippen molar-refractivity contribution in [3.05, 3.63) is 47.5 Å². The first-order valence-electron chi connectivity index (χ1n) is 9.57. The van der Waals surface area contributed by atoms with Crippen LogP contribution >= 0.6 is 0 Å². The first kappa shape index (κ1) is 19.5. The molecule has 7 nitrogen and oxygen atoms in total. The number of hydrogen-bond acceptors (Lipinski definition) is 5. The van der Waals surface area contributed by atoms with E-state index in [1.165, 1.54) is 19.4 Å². The molecule has 2 aliphatic rings. The van der Waals surface area contributed by atoms with Gasteiger partial charge in [0, 0.05) is 36.1 Å². The van der Waals surface area contributed by atoms with E-state index in [0.29, 0.717) is 29.7 Å². The van der Waals surface area contributed by atoms with Gasteiger partial charge in [-0.15, -0.1) is 0 Å². The number of fused-ring (bicyclic) bond motifs is 2. The molecule has 0 fully saturated rings. The molecule has 1 atom stereocenters. The zero-order valence-electron chi connectivity index (χ0n) is 16.4. The largest absolute Gasteiger partial charge is 0.508 e. The summed E-state index contributed by atoms with van der Waals surface area (Å²) in [5, 5.41) is 26.6. The Kier molecular flexibility index (Phi) is 4.84. The molecule has 8 heteroatoms. The second-order valence-electron chi connectivity index (χ2n) is 8.20. The number of para-hydroxylation sites is 1. The van der Waals surface area contributed by atoms with Crippen LogP contribution in [0.15, 0.2) is 36.4 Å². The second kappa shape index (κ2) is 7.20. The van der Waals surface area contributed by atoms with Gasteiger partial charge in [0.1, 0.15) is 5.75 Å². The summed E-state index contributed by atoms with van der Waals surface area (Å²) in [4.78, 5) is 25.9. The number of nitrogens with one attached hydrogen (secondary N) is 2. The Hall–Kier alpha value is -2.84. The minimum absolute atomic E-state index is 0.0214. The minimum atomic E-state index is -0.930. The number of hydrogen-bond donors (Lipinski definition) is 4. The van der Waals surface area contributed by atoms with E-state index in [9.17, 15) is 19.8 Å². The van der Waals surface area contributed by atoms with Crippen LogP contribution in [-0.2, 0) is 11.2 Å². The third-order valence-electron chi connectivity index (χ3n) is 5.34. The average Bonchev–Trinajstić information content (AvgIpc) is 3.18. The van der Waals surface area contributed by atoms with E-state index in [1.54, 1.807) is 4.90 Å². The van der Waals surface area contributed by atoms with Gasteiger partial charge >= 0.3 is 0 Å². The number of carbonyl (C=O) groups is 2. The maximum Gasteiger partial charge on any atom is 0.274 e. The number of aliphatic hydroxyl groups excluding tert-OH is 1. The van der Waals surface area contributed by atoms with Crippen molar-refractivity contribution in [1.29, 1.82) is 0 Å². The highest BCUT2D eigenvalue weighted by Crippen LogP contribution is 2.30. The maximum atomic E-state index is 12.4. The smallest absolute Gasteiger partial charge is 0.274 e. The Balaban J connectivity index is 1.45. The summed E-state index contributed by atoms with van der Waals surface area (Å²) in [7, 11) is 1.41. The molecule has 1 radical (unpaired) electrons. The molecular formula is C21H23BN3O4. The van der Waals surface area contributed by atoms with Gasteiger partial charge in [0.15, 0.2) is 5.81 Å². The Morgan fingerprint density at radius 1 is 1.28 bits per heavy atom. The molecule has 2 aromatic carbocycles. The van der Waals surface area contributed by atoms with Crippen molar-refractivity contribution in [2.75, 3.05) is 23.3 Å². The van der Waals surface area contributed by atoms with E-state index in [4.69, 9.17) is 0 Å². The zero-order valence-corrected chi connectivity index (χ0v) is 16.4. The van der Waals surface area contributed by atoms with Crippen LogP contribution in [-0.4, -0.2) is 47.8 Å². The summed E-state index contributed by atoms with van der Waals surface area (Å²) in [6.45, 7) is 4.60. The van der Waals surface area contributed by atoms with E-state index in [1.807, 2.05) is 38.1 Å². The number of aromatic hydroxyl groups is 1. The van der Waals surface area contributed by atoms with Gasteiger partial charge in [0.05, 0.1) is 12.5 Å². The van der Waals surface area contributed by atoms with Gasteiger partial charge in [-0.25, -0.2) is 0 Å². The Morgan fingerprint density at radius 2 is 2.03 bits per heavy atom. The molecule has 0 aromatic heterocycles. The number of nitrogens with zero attached hydrogens (tertiary/aromatic N) is 1. The summed E-state index contributed by atoms with van der Waals surface area (Å²) in [5.41, 5.74) is 3.04. The number of phenols is 1. The second-order valence-corrected chi connectivity index (χ2v) is 8.20. The van der Waals surface area contributed by atoms with Gasteiger partial charge in [-0.05, 0) is 42.6 Å². The summed E-state index contributed by atoms with van der Waals surface area (Å²) in [5.74, 6) is -0.239. The predicted molar refractivity (Wildman–Crippen MR) is 112 cm³/mol. The highest BCUT2D eigenvalue weighted by molar-refractivity contribution is 6.89. The molecule has 0 spiro atoms. The first-order valence-corrected chi connectivity index (χ1v) is 9.57. The van der Waals surface area contributed by atoms with Crippen LogP contribution in [0.3, 0.4) is 0 Å². The zero-order chi connectivity index (χ0) is 20.8. The normalized spacial score (nSPS) is 16.3. The van der Waals surface area contributed by atoms with Crippen molar-refractivity contribution in [2.45, 2.75) is 31.9 Å². The van der Waals surface area contributed by atoms with Crippen molar-refractivity contribution in [1.82, 2.24) is 5.32 Å². The van der Waals surface area contributed by atoms with Crippen molar-refractivity contribution >= 4 is 35.8 Å². The summed E-state index contributed by atoms with van der Waals surface area (Å²) in [6, 6.07) is 10.7. The fourth-order valence-electron chi connectivity index (χ4n) is 3.92. The monoisotopic (exact) mass is 392 g/mol. The molecule has 4 N–H and O–H groups in total. The van der Waals surface area contributed by atoms with E-state index in [-0.39, 0.29) is 24.0 Å². The molecular weight excluding hydrogens is 369 g/mol. The SMILES string of the molecule is CC(C)(CN1C(=O)Cc2ccccc21)NC[C@H](O)c1cc(O)cc2c1[B]C(=O)N2. The van der Waals surface area contributed by atoms with Crippen LogP contribution in [0, 0.1) is 0 Å². The molecule has 2 aliphatic heterocycles. The van der Waals surface area contributed by atoms with Gasteiger partial charge < -0.3 is 25.7 Å². The average molecular weight is 392 g/mol. The van der Waals surface area contributed by atoms with Crippen molar-refractivity contribution in [3.63, 3.8) is 0 Å². The van der Waals surface area contributed by atoms with Gasteiger partial charge in [-0.1, -0.05) is 18.2 Å². The number of anilines is 2. The van der Waals surface area contributed by atoms with Gasteiger partial charge in [-0.2, -0.15) is 0 Å². The molecule has 2 aromatic rings. The maximum absolute atomic E-state index is 12.4. The number of aliphatic hydroxyl groups is 1. The predicted octanol–water partition coefficient (Wildman–Crippen LogP) is 1.26. The van der Waals surface area contributed by atoms with Crippen molar-refractivity contribution in [3.8, 4) is 5.75 Å². The molecule has 0 unspecified atom stereocenters. The van der Waals surface area contributed by atoms with Crippen LogP contribution in [0.25, 0.3) is 0 Å². The summed E-state index contributed by atoms with van der Waals surface area (Å²) < 4.78 is 0. The quantitative estimate of drug-likeness (QED) is 0.555. The number of β-amino-alcohol motifs (C(OH)–C–C–N with tert-alkyl or cyclic N) is 1. The minimum Gasteiger partial charge on any atom is -0.508 e. The molecule has 0 saturated carbocycles. The molecule has 0 aliphatic carbocycles. The van der Waals surface area contributed by atoms with E-state index >= 15 is 0 Å². The molecule has 2 heterocycles. The fourth-order valence-corrected chi connectivity index (χ4v) is 3.92. The van der Waals surface area contributed by atoms with Crippen LogP contribution in [0.2, 0.25) is 0 Å². The van der Waals surface area contributed by atoms with Crippen molar-refractivity contribution < 1.29 is 19.8 Å². The summed E-state index contributed by atoms with van der Waals surface area (Å²) in [6.07, 6.45) is -0.526. The molecule has 149 valence electrons. The highest BCUT2D eigenvalue weighted by Gasteiger charge is 2.33. The van der Waals surface area contributed by atoms with Gasteiger partial charge in [0.2, 0.25) is 5.91 Å². The number of phenolic OH excluding ortho intramolecular Hbond substituents is 1. The molecule has 4 rings (SSSR count). The Labute approximate surface area is 170 Å². The third-order valence-corrected chi connectivity index (χ3v) is 5.34. The van der Waals surface area contributed by atoms with Crippen LogP contribution in [0.5, 0.6) is 5.75 Å². The molecule has 29 heavy (non-hydrogen) atoms. The third kappa shape index (κ3) is 3.86. The van der Waals surface area contributed by atoms with E-state index in [0.717, 1.165) is 11.3 Å². The Bertz CT molecular complexity index is 992. The lowest BCUT2D eigenvalue weighted by atomic mass is 9.69. The summed E-state index contributed by atoms with van der Waals surface area (Å²) >= 11 is 0. The lowest BCUT2D eigenvalue weighted by molar-refractivity contribution is -0.117. The van der Waals surface area contributed by atoms with E-state index in [2.05, 4.69) is 10.6 Å². The topological polar surface area (TPSA) is 102 Å². The lowest BCUT2D eigenvalue weighted by Crippen LogP contribution is -2.51. The number of carbonyl (C=O) groups excluding carboxylic acids is 2. The van der Waals surface area contributed by atoms with Gasteiger partial charge in [-0.3, -0.25) is 9.59 Å². The fraction of sp³-hybridized carbons (Fsp3) is 0.333. The number of rotatable bonds is 6. The van der Waals surface area contributed by atoms with E-state index < -0.39 is 11.6 Å². The standard InChI is InChI=1S/C21H23BN3O4/c1-21(2,11-25-16-6-4-3-5-12(16)7-18(25)28)23-10-17(27)14-8-13(26)9-15-19(14)22-20(29)24-15/h3-6,8-9,17,23,26-27H,7,10-11H2,1-2H3,(H,24,29)/t17-/m0/s1. The van der Waals surface area contributed by atoms with Crippen LogP contribution < -0.4 is 21.0 Å². The number of benzene rings is 2. The molecule has 2 amide bonds. The highest BCUT2D eigenvalue weighted by atomic mass is 16.3. The van der Waals surface area contributed by atoms with Crippen LogP contribution in [0.4, 0.5) is 16.2 Å². The Morgan fingerprint density at radius 3 is 2.83 bits per heavy atom. The van der Waals surface area contributed by atoms with Gasteiger partial charge in [0.25, 0.3) is 7.28 Å².